The van der Waals surface area contributed by atoms with Crippen molar-refractivity contribution in [1.29, 1.82) is 0 Å². The predicted molar refractivity (Wildman–Crippen MR) is 84.9 cm³/mol. The van der Waals surface area contributed by atoms with Crippen LogP contribution in [0.15, 0.2) is 28.0 Å². The van der Waals surface area contributed by atoms with E-state index in [9.17, 15) is 21.2 Å². The molecule has 1 aliphatic heterocycles. The van der Waals surface area contributed by atoms with Crippen molar-refractivity contribution < 1.29 is 21.2 Å². The lowest BCUT2D eigenvalue weighted by atomic mass is 9.96. The molecule has 1 heterocycles. The third-order valence-electron chi connectivity index (χ3n) is 3.86. The molecule has 2 N–H and O–H groups in total. The number of nitrogens with one attached hydrogen (secondary N) is 2. The molecule has 0 radical (unpaired) electrons. The monoisotopic (exact) mass is 364 g/mol. The molecule has 2 rings (SSSR count). The summed E-state index contributed by atoms with van der Waals surface area (Å²) in [6.07, 6.45) is 3.72. The van der Waals surface area contributed by atoms with E-state index in [4.69, 9.17) is 0 Å². The van der Waals surface area contributed by atoms with Gasteiger partial charge in [-0.05, 0) is 56.5 Å². The maximum Gasteiger partial charge on any atom is 0.240 e. The van der Waals surface area contributed by atoms with Gasteiger partial charge in [-0.1, -0.05) is 0 Å². The lowest BCUT2D eigenvalue weighted by Gasteiger charge is -2.22. The Balaban J connectivity index is 2.03. The Bertz CT molecular complexity index is 757. The molecule has 1 atom stereocenters. The summed E-state index contributed by atoms with van der Waals surface area (Å²) in [5.41, 5.74) is 0. The molecule has 1 saturated heterocycles. The molecule has 0 unspecified atom stereocenters. The Labute approximate surface area is 136 Å². The highest BCUT2D eigenvalue weighted by atomic mass is 32.2. The zero-order valence-corrected chi connectivity index (χ0v) is 14.5. The summed E-state index contributed by atoms with van der Waals surface area (Å²) in [6, 6.07) is 2.81. The van der Waals surface area contributed by atoms with Crippen LogP contribution in [0.4, 0.5) is 4.39 Å². The lowest BCUT2D eigenvalue weighted by molar-refractivity contribution is 0.358. The predicted octanol–water partition coefficient (Wildman–Crippen LogP) is 0.897. The van der Waals surface area contributed by atoms with Gasteiger partial charge in [-0.2, -0.15) is 0 Å². The maximum atomic E-state index is 13.8. The smallest absolute Gasteiger partial charge is 0.240 e. The van der Waals surface area contributed by atoms with Crippen molar-refractivity contribution in [3.05, 3.63) is 24.0 Å². The summed E-state index contributed by atoms with van der Waals surface area (Å²) in [7, 11) is -7.58. The molecule has 6 nitrogen and oxygen atoms in total. The molecular weight excluding hydrogens is 343 g/mol. The van der Waals surface area contributed by atoms with Crippen LogP contribution in [0.25, 0.3) is 0 Å². The highest BCUT2D eigenvalue weighted by Crippen LogP contribution is 2.19. The van der Waals surface area contributed by atoms with Crippen molar-refractivity contribution in [1.82, 2.24) is 10.0 Å². The largest absolute Gasteiger partial charge is 0.316 e. The second kappa shape index (κ2) is 7.25. The Morgan fingerprint density at radius 1 is 1.30 bits per heavy atom. The summed E-state index contributed by atoms with van der Waals surface area (Å²) in [4.78, 5) is -0.783. The number of benzene rings is 1. The van der Waals surface area contributed by atoms with Crippen LogP contribution < -0.4 is 10.0 Å². The van der Waals surface area contributed by atoms with E-state index < -0.39 is 30.6 Å². The SMILES string of the molecule is CS(=O)(=O)c1ccc(S(=O)(=O)NCC[C@H]2CCCNC2)cc1F. The Morgan fingerprint density at radius 2 is 2.04 bits per heavy atom. The molecule has 0 bridgehead atoms. The number of rotatable bonds is 6. The summed E-state index contributed by atoms with van der Waals surface area (Å²) in [5.74, 6) is -0.636. The lowest BCUT2D eigenvalue weighted by Crippen LogP contribution is -2.33. The van der Waals surface area contributed by atoms with Gasteiger partial charge in [0.25, 0.3) is 0 Å². The van der Waals surface area contributed by atoms with Crippen molar-refractivity contribution in [2.45, 2.75) is 29.1 Å². The van der Waals surface area contributed by atoms with E-state index in [1.807, 2.05) is 0 Å². The molecule has 9 heteroatoms. The van der Waals surface area contributed by atoms with Gasteiger partial charge in [0.2, 0.25) is 10.0 Å². The highest BCUT2D eigenvalue weighted by molar-refractivity contribution is 7.90. The molecule has 23 heavy (non-hydrogen) atoms. The third kappa shape index (κ3) is 4.97. The van der Waals surface area contributed by atoms with Gasteiger partial charge in [-0.3, -0.25) is 0 Å². The van der Waals surface area contributed by atoms with Crippen molar-refractivity contribution in [3.8, 4) is 0 Å². The summed E-state index contributed by atoms with van der Waals surface area (Å²) in [6.45, 7) is 2.14. The van der Waals surface area contributed by atoms with Crippen molar-refractivity contribution in [2.24, 2.45) is 5.92 Å². The first kappa shape index (κ1) is 18.3. The zero-order valence-electron chi connectivity index (χ0n) is 12.9. The summed E-state index contributed by atoms with van der Waals surface area (Å²) in [5, 5.41) is 3.26. The normalized spacial score (nSPS) is 19.7. The van der Waals surface area contributed by atoms with Crippen LogP contribution in [0.5, 0.6) is 0 Å². The van der Waals surface area contributed by atoms with Crippen LogP contribution in [0.2, 0.25) is 0 Å². The highest BCUT2D eigenvalue weighted by Gasteiger charge is 2.20. The van der Waals surface area contributed by atoms with Gasteiger partial charge in [-0.15, -0.1) is 0 Å². The average Bonchev–Trinajstić information content (AvgIpc) is 2.46. The van der Waals surface area contributed by atoms with Crippen LogP contribution in [0, 0.1) is 11.7 Å². The van der Waals surface area contributed by atoms with Crippen LogP contribution in [0.1, 0.15) is 19.3 Å². The average molecular weight is 364 g/mol. The minimum Gasteiger partial charge on any atom is -0.316 e. The van der Waals surface area contributed by atoms with Gasteiger partial charge in [-0.25, -0.2) is 25.9 Å². The fourth-order valence-electron chi connectivity index (χ4n) is 2.60. The number of sulfone groups is 1. The fraction of sp³-hybridized carbons (Fsp3) is 0.571. The number of hydrogen-bond donors (Lipinski definition) is 2. The third-order valence-corrected chi connectivity index (χ3v) is 6.45. The van der Waals surface area contributed by atoms with Crippen LogP contribution in [0.3, 0.4) is 0 Å². The number of sulfonamides is 1. The van der Waals surface area contributed by atoms with Gasteiger partial charge in [0.1, 0.15) is 10.7 Å². The molecule has 0 amide bonds. The second-order valence-corrected chi connectivity index (χ2v) is 9.51. The second-order valence-electron chi connectivity index (χ2n) is 5.76. The summed E-state index contributed by atoms with van der Waals surface area (Å²) >= 11 is 0. The van der Waals surface area contributed by atoms with E-state index in [0.717, 1.165) is 50.4 Å². The van der Waals surface area contributed by atoms with Gasteiger partial charge < -0.3 is 5.32 Å². The maximum absolute atomic E-state index is 13.8. The first-order chi connectivity index (χ1) is 10.7. The van der Waals surface area contributed by atoms with E-state index in [1.54, 1.807) is 0 Å². The molecule has 0 aromatic heterocycles. The molecule has 1 aromatic rings. The molecule has 0 spiro atoms. The van der Waals surface area contributed by atoms with Crippen LogP contribution in [-0.2, 0) is 19.9 Å². The standard InChI is InChI=1S/C14H21FN2O4S2/c1-22(18,19)14-5-4-12(9-13(14)15)23(20,21)17-8-6-11-3-2-7-16-10-11/h4-5,9,11,16-17H,2-3,6-8,10H2,1H3/t11-/m1/s1. The first-order valence-electron chi connectivity index (χ1n) is 7.40. The molecule has 1 fully saturated rings. The van der Waals surface area contributed by atoms with E-state index >= 15 is 0 Å². The van der Waals surface area contributed by atoms with E-state index in [1.165, 1.54) is 0 Å². The Morgan fingerprint density at radius 3 is 2.61 bits per heavy atom. The quantitative estimate of drug-likeness (QED) is 0.782. The minimum absolute atomic E-state index is 0.268. The minimum atomic E-state index is -3.85. The van der Waals surface area contributed by atoms with E-state index in [-0.39, 0.29) is 11.4 Å². The Kier molecular flexibility index (Phi) is 5.77. The topological polar surface area (TPSA) is 92.3 Å². The van der Waals surface area contributed by atoms with E-state index in [2.05, 4.69) is 10.0 Å². The van der Waals surface area contributed by atoms with Crippen LogP contribution >= 0.6 is 0 Å². The molecule has 130 valence electrons. The van der Waals surface area contributed by atoms with Gasteiger partial charge in [0.05, 0.1) is 4.90 Å². The van der Waals surface area contributed by atoms with Crippen LogP contribution in [-0.4, -0.2) is 42.7 Å². The Hall–Kier alpha value is -1.03. The van der Waals surface area contributed by atoms with Crippen molar-refractivity contribution in [3.63, 3.8) is 0 Å². The molecular formula is C14H21FN2O4S2. The molecule has 1 aromatic carbocycles. The molecule has 1 aliphatic rings. The van der Waals surface area contributed by atoms with Gasteiger partial charge >= 0.3 is 0 Å². The summed E-state index contributed by atoms with van der Waals surface area (Å²) < 4.78 is 63.2. The van der Waals surface area contributed by atoms with E-state index in [0.29, 0.717) is 12.3 Å². The number of piperidine rings is 1. The van der Waals surface area contributed by atoms with Gasteiger partial charge in [0.15, 0.2) is 9.84 Å². The van der Waals surface area contributed by atoms with Crippen molar-refractivity contribution in [2.75, 3.05) is 25.9 Å². The molecule has 0 aliphatic carbocycles. The first-order valence-corrected chi connectivity index (χ1v) is 10.8. The fourth-order valence-corrected chi connectivity index (χ4v) is 4.39. The molecule has 0 saturated carbocycles. The van der Waals surface area contributed by atoms with Crippen molar-refractivity contribution >= 4 is 19.9 Å². The zero-order chi connectivity index (χ0) is 17.1. The number of halogens is 1. The number of hydrogen-bond acceptors (Lipinski definition) is 5. The van der Waals surface area contributed by atoms with Gasteiger partial charge in [0, 0.05) is 12.8 Å².